The maximum atomic E-state index is 12.8. The highest BCUT2D eigenvalue weighted by atomic mass is 16.5. The van der Waals surface area contributed by atoms with E-state index >= 15 is 0 Å². The Morgan fingerprint density at radius 2 is 2.09 bits per heavy atom. The van der Waals surface area contributed by atoms with Gasteiger partial charge in [0.05, 0.1) is 37.6 Å². The summed E-state index contributed by atoms with van der Waals surface area (Å²) in [6.07, 6.45) is 4.28. The third kappa shape index (κ3) is 4.96. The number of aryl methyl sites for hydroxylation is 1. The van der Waals surface area contributed by atoms with Gasteiger partial charge in [-0.2, -0.15) is 10.1 Å². The number of amides is 1. The van der Waals surface area contributed by atoms with E-state index in [1.54, 1.807) is 16.9 Å². The Hall–Kier alpha value is -3.50. The van der Waals surface area contributed by atoms with Gasteiger partial charge in [-0.3, -0.25) is 4.79 Å². The molecule has 3 aromatic rings. The van der Waals surface area contributed by atoms with E-state index in [2.05, 4.69) is 25.8 Å². The average Bonchev–Trinajstić information content (AvgIpc) is 3.49. The molecule has 0 aliphatic carbocycles. The number of anilines is 2. The third-order valence-corrected chi connectivity index (χ3v) is 5.70. The van der Waals surface area contributed by atoms with Crippen molar-refractivity contribution in [3.8, 4) is 0 Å². The van der Waals surface area contributed by atoms with Crippen molar-refractivity contribution in [3.05, 3.63) is 53.2 Å². The third-order valence-electron chi connectivity index (χ3n) is 5.70. The van der Waals surface area contributed by atoms with Crippen LogP contribution in [0.15, 0.2) is 41.6 Å². The molecule has 5 rings (SSSR count). The summed E-state index contributed by atoms with van der Waals surface area (Å²) in [4.78, 5) is 19.7. The van der Waals surface area contributed by atoms with Crippen LogP contribution in [0.5, 0.6) is 0 Å². The second kappa shape index (κ2) is 9.55. The van der Waals surface area contributed by atoms with Gasteiger partial charge in [-0.1, -0.05) is 29.8 Å². The van der Waals surface area contributed by atoms with Gasteiger partial charge in [0.15, 0.2) is 5.82 Å². The van der Waals surface area contributed by atoms with Crippen LogP contribution in [0.4, 0.5) is 11.8 Å². The van der Waals surface area contributed by atoms with Gasteiger partial charge in [0.1, 0.15) is 5.52 Å². The summed E-state index contributed by atoms with van der Waals surface area (Å²) in [5.74, 6) is 0.945. The summed E-state index contributed by atoms with van der Waals surface area (Å²) >= 11 is 0. The summed E-state index contributed by atoms with van der Waals surface area (Å²) in [6.45, 7) is 5.93. The van der Waals surface area contributed by atoms with Crippen LogP contribution in [0.1, 0.15) is 27.9 Å². The average molecular weight is 450 g/mol. The summed E-state index contributed by atoms with van der Waals surface area (Å²) in [5.41, 5.74) is 6.37. The molecule has 1 atom stereocenters. The molecular formula is C23H27N7O3. The van der Waals surface area contributed by atoms with E-state index in [-0.39, 0.29) is 11.9 Å². The van der Waals surface area contributed by atoms with Gasteiger partial charge in [0.2, 0.25) is 0 Å². The van der Waals surface area contributed by atoms with Crippen molar-refractivity contribution in [2.24, 2.45) is 5.10 Å². The standard InChI is InChI=1S/C23H27N7O3/c1-16-3-2-4-17(11-16)13-24-27-23-26-21(29-6-9-32-10-7-29)20-12-18(14-30(20)28-23)22(31)25-19-5-8-33-15-19/h2-4,11-14,19H,5-10,15H2,1H3,(H,25,31)(H,27,28)/b24-13+. The molecule has 2 aromatic heterocycles. The Labute approximate surface area is 191 Å². The fourth-order valence-corrected chi connectivity index (χ4v) is 4.00. The number of carbonyl (C=O) groups excluding carboxylic acids is 1. The molecular weight excluding hydrogens is 422 g/mol. The molecule has 0 radical (unpaired) electrons. The van der Waals surface area contributed by atoms with E-state index in [0.29, 0.717) is 51.0 Å². The lowest BCUT2D eigenvalue weighted by atomic mass is 10.2. The van der Waals surface area contributed by atoms with Crippen LogP contribution < -0.4 is 15.6 Å². The number of morpholine rings is 1. The quantitative estimate of drug-likeness (QED) is 0.437. The molecule has 2 aliphatic rings. The van der Waals surface area contributed by atoms with E-state index in [0.717, 1.165) is 28.9 Å². The molecule has 4 heterocycles. The first-order chi connectivity index (χ1) is 16.2. The highest BCUT2D eigenvalue weighted by molar-refractivity contribution is 5.96. The number of hydrogen-bond acceptors (Lipinski definition) is 8. The summed E-state index contributed by atoms with van der Waals surface area (Å²) in [6, 6.07) is 9.92. The van der Waals surface area contributed by atoms with E-state index in [1.165, 1.54) is 0 Å². The van der Waals surface area contributed by atoms with Crippen LogP contribution in [0.25, 0.3) is 5.52 Å². The number of carbonyl (C=O) groups is 1. The van der Waals surface area contributed by atoms with Crippen LogP contribution in [-0.4, -0.2) is 72.3 Å². The van der Waals surface area contributed by atoms with Crippen molar-refractivity contribution < 1.29 is 14.3 Å². The maximum absolute atomic E-state index is 12.8. The van der Waals surface area contributed by atoms with Gasteiger partial charge < -0.3 is 19.7 Å². The molecule has 0 saturated carbocycles. The Morgan fingerprint density at radius 1 is 1.21 bits per heavy atom. The Kier molecular flexibility index (Phi) is 6.18. The van der Waals surface area contributed by atoms with Gasteiger partial charge in [-0.15, -0.1) is 5.10 Å². The molecule has 0 spiro atoms. The van der Waals surface area contributed by atoms with Gasteiger partial charge in [-0.05, 0) is 25.0 Å². The Balaban J connectivity index is 1.43. The molecule has 0 bridgehead atoms. The van der Waals surface area contributed by atoms with Gasteiger partial charge in [0.25, 0.3) is 11.9 Å². The number of hydrazone groups is 1. The van der Waals surface area contributed by atoms with E-state index in [1.807, 2.05) is 37.3 Å². The highest BCUT2D eigenvalue weighted by Crippen LogP contribution is 2.24. The predicted octanol–water partition coefficient (Wildman–Crippen LogP) is 1.84. The van der Waals surface area contributed by atoms with Gasteiger partial charge >= 0.3 is 0 Å². The number of hydrogen-bond donors (Lipinski definition) is 2. The van der Waals surface area contributed by atoms with Crippen LogP contribution in [-0.2, 0) is 9.47 Å². The molecule has 33 heavy (non-hydrogen) atoms. The summed E-state index contributed by atoms with van der Waals surface area (Å²) in [7, 11) is 0. The van der Waals surface area contributed by atoms with Crippen molar-refractivity contribution in [2.75, 3.05) is 49.8 Å². The number of rotatable bonds is 6. The minimum absolute atomic E-state index is 0.0403. The smallest absolute Gasteiger partial charge is 0.263 e. The number of nitrogens with one attached hydrogen (secondary N) is 2. The first-order valence-corrected chi connectivity index (χ1v) is 11.1. The molecule has 2 saturated heterocycles. The van der Waals surface area contributed by atoms with Gasteiger partial charge in [-0.25, -0.2) is 9.94 Å². The molecule has 10 heteroatoms. The summed E-state index contributed by atoms with van der Waals surface area (Å²) < 4.78 is 12.5. The Bertz CT molecular complexity index is 1160. The van der Waals surface area contributed by atoms with Crippen LogP contribution in [0, 0.1) is 6.92 Å². The number of aromatic nitrogens is 3. The van der Waals surface area contributed by atoms with Crippen LogP contribution in [0.3, 0.4) is 0 Å². The van der Waals surface area contributed by atoms with Crippen molar-refractivity contribution >= 4 is 29.4 Å². The monoisotopic (exact) mass is 449 g/mol. The zero-order valence-corrected chi connectivity index (χ0v) is 18.5. The number of ether oxygens (including phenoxy) is 2. The first kappa shape index (κ1) is 21.4. The van der Waals surface area contributed by atoms with Crippen molar-refractivity contribution in [3.63, 3.8) is 0 Å². The van der Waals surface area contributed by atoms with E-state index < -0.39 is 0 Å². The topological polar surface area (TPSA) is 105 Å². The first-order valence-electron chi connectivity index (χ1n) is 11.1. The maximum Gasteiger partial charge on any atom is 0.263 e. The lowest BCUT2D eigenvalue weighted by Crippen LogP contribution is -2.37. The molecule has 1 unspecified atom stereocenters. The van der Waals surface area contributed by atoms with Crippen LogP contribution >= 0.6 is 0 Å². The zero-order chi connectivity index (χ0) is 22.6. The second-order valence-electron chi connectivity index (χ2n) is 8.24. The van der Waals surface area contributed by atoms with E-state index in [4.69, 9.17) is 14.5 Å². The van der Waals surface area contributed by atoms with E-state index in [9.17, 15) is 4.79 Å². The molecule has 10 nitrogen and oxygen atoms in total. The fourth-order valence-electron chi connectivity index (χ4n) is 4.00. The van der Waals surface area contributed by atoms with Crippen molar-refractivity contribution in [2.45, 2.75) is 19.4 Å². The predicted molar refractivity (Wildman–Crippen MR) is 125 cm³/mol. The molecule has 1 amide bonds. The Morgan fingerprint density at radius 3 is 2.88 bits per heavy atom. The number of benzene rings is 1. The zero-order valence-electron chi connectivity index (χ0n) is 18.5. The molecule has 172 valence electrons. The lowest BCUT2D eigenvalue weighted by Gasteiger charge is -2.28. The van der Waals surface area contributed by atoms with Crippen molar-refractivity contribution in [1.82, 2.24) is 19.9 Å². The highest BCUT2D eigenvalue weighted by Gasteiger charge is 2.22. The largest absolute Gasteiger partial charge is 0.379 e. The fraction of sp³-hybridized carbons (Fsp3) is 0.391. The van der Waals surface area contributed by atoms with Crippen molar-refractivity contribution in [1.29, 1.82) is 0 Å². The molecule has 1 aromatic carbocycles. The number of fused-ring (bicyclic) bond motifs is 1. The summed E-state index contributed by atoms with van der Waals surface area (Å²) in [5, 5.41) is 11.9. The SMILES string of the molecule is Cc1cccc(/C=N/Nc2nc(N3CCOCC3)c3cc(C(=O)NC4CCOC4)cn3n2)c1. The lowest BCUT2D eigenvalue weighted by molar-refractivity contribution is 0.0930. The molecule has 2 fully saturated rings. The molecule has 2 N–H and O–H groups in total. The second-order valence-corrected chi connectivity index (χ2v) is 8.24. The minimum Gasteiger partial charge on any atom is -0.379 e. The normalized spacial score (nSPS) is 18.8. The van der Waals surface area contributed by atoms with Gasteiger partial charge in [0, 0.05) is 25.9 Å². The molecule has 2 aliphatic heterocycles. The minimum atomic E-state index is -0.143. The number of nitrogens with zero attached hydrogens (tertiary/aromatic N) is 5. The van der Waals surface area contributed by atoms with Crippen LogP contribution in [0.2, 0.25) is 0 Å².